The Morgan fingerprint density at radius 3 is 1.02 bits per heavy atom. The molecule has 39 nitrogen and oxygen atoms in total. The van der Waals surface area contributed by atoms with E-state index >= 15 is 0 Å². The Balaban J connectivity index is 0.000000155. The number of fused-ring (bicyclic) bond motifs is 4. The van der Waals surface area contributed by atoms with E-state index in [2.05, 4.69) is 52.6 Å². The first-order valence-electron chi connectivity index (χ1n) is 45.0. The molecule has 6 aromatic carbocycles. The van der Waals surface area contributed by atoms with E-state index in [0.29, 0.717) is 72.4 Å². The first-order valence-corrected chi connectivity index (χ1v) is 46.1. The second-order valence-electron chi connectivity index (χ2n) is 33.1. The van der Waals surface area contributed by atoms with Crippen molar-refractivity contribution in [3.8, 4) is 23.0 Å². The summed E-state index contributed by atoms with van der Waals surface area (Å²) in [4.78, 5) is 180. The molecule has 0 aliphatic carbocycles. The molecule has 754 valence electrons. The van der Waals surface area contributed by atoms with Crippen molar-refractivity contribution in [1.29, 1.82) is 0 Å². The number of pyridine rings is 4. The molecule has 4 fully saturated rings. The second-order valence-corrected chi connectivity index (χ2v) is 34.3. The molecule has 14 aromatic rings. The number of hydrogen-bond acceptors (Lipinski definition) is 31. The van der Waals surface area contributed by atoms with Crippen LogP contribution in [0.1, 0.15) is 88.2 Å². The van der Waals surface area contributed by atoms with E-state index in [4.69, 9.17) is 43.6 Å². The number of hydrogen-bond donors (Lipinski definition) is 3. The lowest BCUT2D eigenvalue weighted by molar-refractivity contribution is 0.0579. The Hall–Kier alpha value is -17.0. The molecule has 0 saturated carbocycles. The summed E-state index contributed by atoms with van der Waals surface area (Å²) in [6, 6.07) is 52.6. The number of alkyl carbamates (subject to hydrolysis) is 1. The van der Waals surface area contributed by atoms with Gasteiger partial charge >= 0.3 is 58.5 Å². The summed E-state index contributed by atoms with van der Waals surface area (Å²) in [6.45, 7) is 3.34. The average molecular weight is 2100 g/mol. The van der Waals surface area contributed by atoms with E-state index in [1.165, 1.54) is 84.7 Å². The van der Waals surface area contributed by atoms with Crippen LogP contribution in [0.3, 0.4) is 0 Å². The highest BCUT2D eigenvalue weighted by atomic mass is 127. The number of methoxy groups -OCH3 is 2. The second kappa shape index (κ2) is 48.4. The van der Waals surface area contributed by atoms with Gasteiger partial charge in [-0.2, -0.15) is 0 Å². The fraction of sp³-hybridized carbons (Fsp3) is 0.255. The van der Waals surface area contributed by atoms with Gasteiger partial charge in [-0.25, -0.2) is 61.9 Å². The fourth-order valence-electron chi connectivity index (χ4n) is 14.6. The van der Waals surface area contributed by atoms with Crippen LogP contribution in [0.15, 0.2) is 232 Å². The molecule has 4 saturated heterocycles. The standard InChI is InChI=1S/C29H27FN4O5.C22H21FN4O5.C22H22N4O6.C19H18IN3O4.C7H8FN.C3H5NO2/c1-32(2)22-16-23(33-14-15-38-29(33)37)27-31-25(24(35)13-10-19-8-11-21(30)12-9-19)26(28(36)34(27)17-22)39-18-20-6-4-3-5-7-20;1-25(2)15-11-16(26-9-10-32-22(26)31)20-24-18(19(29)21(30)27(20)12-15)17(28)8-5-13-3-6-14(23)7-4-13;1-24(2)15-11-16(25-9-10-31-22(25)29)19-23-17(21(28)30-3)18(20(27)26(19)12-15)32-13-14-7-5-4-6-8-14;1-22(2)13-9-14(20)17-21-15(19(25)26-3)16(18(24)23(17)10-13)27-11-12-7-5-4-6-8-12;8-7-3-1-6(5-9)2-4-7;5-3-4-1-2-6-3/h3-9,11-12,16-17H,10,13-15,18H2,1-2H3;3-4,6-7,11-12,29H,5,8-10H2,1-2H3;4-8,11-12H,9-10,13H2,1-3H3;4-10H,11H2,1-3H3;1-4H,5,9H2;1-2H2,(H,4,5). The molecular formula is C102H101F3IN17O22. The van der Waals surface area contributed by atoms with Crippen LogP contribution in [0, 0.1) is 21.0 Å². The molecule has 4 aliphatic heterocycles. The molecule has 145 heavy (non-hydrogen) atoms. The molecule has 0 atom stereocenters. The van der Waals surface area contributed by atoms with Crippen molar-refractivity contribution < 1.29 is 99.3 Å². The van der Waals surface area contributed by atoms with Crippen molar-refractivity contribution in [3.05, 3.63) is 331 Å². The SMILES string of the molecule is CN(C)c1cc(N2CCOC2=O)c2nc(C(=O)CCc3ccc(F)cc3)c(O)c(=O)n2c1.CN(C)c1cc(N2CCOC2=O)c2nc(C(=O)CCc3ccc(F)cc3)c(OCc3ccccc3)c(=O)n2c1.COC(=O)c1nc2c(I)cc(N(C)C)cn2c(=O)c1OCc1ccccc1.COC(=O)c1nc2c(N3CCOC3=O)cc(N(C)C)cn2c(=O)c1OCc1ccccc1.NCc1ccc(F)cc1.O=C1NCCO1. The van der Waals surface area contributed by atoms with Gasteiger partial charge < -0.3 is 78.4 Å². The summed E-state index contributed by atoms with van der Waals surface area (Å²) < 4.78 is 91.0. The minimum absolute atomic E-state index is 0.0206. The third kappa shape index (κ3) is 25.9. The number of nitrogens with two attached hydrogens (primary N) is 1. The number of cyclic esters (lactones) is 4. The smallest absolute Gasteiger partial charge is 0.414 e. The molecule has 4 amide bonds. The van der Waals surface area contributed by atoms with E-state index in [0.717, 1.165) is 47.0 Å². The molecule has 12 heterocycles. The lowest BCUT2D eigenvalue weighted by Crippen LogP contribution is -2.29. The van der Waals surface area contributed by atoms with Gasteiger partial charge in [0.05, 0.1) is 83.8 Å². The van der Waals surface area contributed by atoms with Crippen molar-refractivity contribution in [2.24, 2.45) is 5.73 Å². The Morgan fingerprint density at radius 1 is 0.400 bits per heavy atom. The molecular weight excluding hydrogens is 2000 g/mol. The van der Waals surface area contributed by atoms with Crippen LogP contribution in [0.5, 0.6) is 23.0 Å². The zero-order valence-electron chi connectivity index (χ0n) is 80.3. The number of ketones is 2. The highest BCUT2D eigenvalue weighted by molar-refractivity contribution is 14.1. The number of esters is 2. The number of Topliss-reactive ketones (excluding diaryl/α,β-unsaturated/α-hetero) is 2. The Labute approximate surface area is 839 Å². The summed E-state index contributed by atoms with van der Waals surface area (Å²) in [5.74, 6) is -4.76. The number of carbonyl (C=O) groups excluding carboxylic acids is 8. The minimum atomic E-state index is -0.822. The van der Waals surface area contributed by atoms with E-state index in [-0.39, 0.29) is 153 Å². The number of nitrogens with zero attached hydrogens (tertiary/aromatic N) is 15. The number of aryl methyl sites for hydroxylation is 2. The van der Waals surface area contributed by atoms with Crippen LogP contribution in [0.4, 0.5) is 72.2 Å². The first-order chi connectivity index (χ1) is 69.6. The van der Waals surface area contributed by atoms with Crippen LogP contribution in [-0.2, 0) is 67.6 Å². The van der Waals surface area contributed by atoms with E-state index in [1.807, 2.05) is 130 Å². The number of anilines is 7. The van der Waals surface area contributed by atoms with Gasteiger partial charge in [-0.15, -0.1) is 0 Å². The predicted molar refractivity (Wildman–Crippen MR) is 540 cm³/mol. The Kier molecular flexibility index (Phi) is 35.2. The molecule has 4 aliphatic rings. The number of halogens is 4. The Morgan fingerprint density at radius 2 is 0.710 bits per heavy atom. The number of aromatic hydroxyl groups is 1. The van der Waals surface area contributed by atoms with Gasteiger partial charge in [0.1, 0.15) is 63.7 Å². The number of aromatic nitrogens is 8. The summed E-state index contributed by atoms with van der Waals surface area (Å²) in [7, 11) is 17.0. The first kappa shape index (κ1) is 105. The maximum absolute atomic E-state index is 13.9. The molecule has 43 heteroatoms. The largest absolute Gasteiger partial charge is 0.501 e. The molecule has 4 N–H and O–H groups in total. The normalized spacial score (nSPS) is 12.8. The van der Waals surface area contributed by atoms with Gasteiger partial charge in [0.2, 0.25) is 23.0 Å². The summed E-state index contributed by atoms with van der Waals surface area (Å²) in [5, 5.41) is 12.9. The fourth-order valence-corrected chi connectivity index (χ4v) is 15.3. The zero-order valence-corrected chi connectivity index (χ0v) is 82.5. The third-order valence-corrected chi connectivity index (χ3v) is 23.2. The minimum Gasteiger partial charge on any atom is -0.501 e. The lowest BCUT2D eigenvalue weighted by Gasteiger charge is -2.21. The number of amides is 4. The van der Waals surface area contributed by atoms with Crippen molar-refractivity contribution in [2.45, 2.75) is 52.0 Å². The Bertz CT molecular complexity index is 7390. The molecule has 0 bridgehead atoms. The predicted octanol–water partition coefficient (Wildman–Crippen LogP) is 12.5. The van der Waals surface area contributed by atoms with E-state index in [1.54, 1.807) is 116 Å². The van der Waals surface area contributed by atoms with Gasteiger partial charge in [-0.05, 0) is 129 Å². The third-order valence-electron chi connectivity index (χ3n) is 22.4. The topological polar surface area (TPSA) is 438 Å². The van der Waals surface area contributed by atoms with Crippen LogP contribution < -0.4 is 81.8 Å². The van der Waals surface area contributed by atoms with E-state index < -0.39 is 69.8 Å². The highest BCUT2D eigenvalue weighted by Gasteiger charge is 2.35. The number of nitrogens with one attached hydrogen (secondary N) is 1. The van der Waals surface area contributed by atoms with Gasteiger partial charge in [-0.1, -0.05) is 127 Å². The quantitative estimate of drug-likeness (QED) is 0.0186. The monoisotopic (exact) mass is 2100 g/mol. The van der Waals surface area contributed by atoms with Crippen molar-refractivity contribution in [2.75, 3.05) is 158 Å². The van der Waals surface area contributed by atoms with Crippen LogP contribution >= 0.6 is 22.6 Å². The van der Waals surface area contributed by atoms with Crippen LogP contribution in [-0.4, -0.2) is 214 Å². The van der Waals surface area contributed by atoms with Gasteiger partial charge in [0, 0.05) is 101 Å². The maximum Gasteiger partial charge on any atom is 0.414 e. The van der Waals surface area contributed by atoms with Crippen molar-refractivity contribution in [3.63, 3.8) is 0 Å². The summed E-state index contributed by atoms with van der Waals surface area (Å²) >= 11 is 2.09. The van der Waals surface area contributed by atoms with Gasteiger partial charge in [0.25, 0.3) is 0 Å². The zero-order chi connectivity index (χ0) is 104. The van der Waals surface area contributed by atoms with Gasteiger partial charge in [0.15, 0.2) is 56.9 Å². The molecule has 0 unspecified atom stereocenters. The van der Waals surface area contributed by atoms with Crippen LogP contribution in [0.2, 0.25) is 0 Å². The summed E-state index contributed by atoms with van der Waals surface area (Å²) in [6.07, 6.45) is 4.90. The van der Waals surface area contributed by atoms with Crippen LogP contribution in [0.25, 0.3) is 22.6 Å². The molecule has 0 spiro atoms. The highest BCUT2D eigenvalue weighted by Crippen LogP contribution is 2.35. The van der Waals surface area contributed by atoms with Gasteiger partial charge in [-0.3, -0.25) is 61.1 Å². The number of carbonyl (C=O) groups is 8. The molecule has 0 radical (unpaired) electrons. The summed E-state index contributed by atoms with van der Waals surface area (Å²) in [5.41, 5.74) is 11.3. The maximum atomic E-state index is 13.9. The average Bonchev–Trinajstić information content (AvgIpc) is 1.73. The molecule has 18 rings (SSSR count). The van der Waals surface area contributed by atoms with Crippen molar-refractivity contribution >= 4 is 133 Å². The number of benzene rings is 6. The number of ether oxygens (including phenoxy) is 9. The lowest BCUT2D eigenvalue weighted by atomic mass is 10.1. The molecule has 8 aromatic heterocycles. The van der Waals surface area contributed by atoms with Crippen molar-refractivity contribution in [1.82, 2.24) is 42.9 Å². The van der Waals surface area contributed by atoms with E-state index in [9.17, 15) is 75.8 Å². The number of rotatable bonds is 27.